The molecule has 2 aromatic carbocycles. The van der Waals surface area contributed by atoms with Gasteiger partial charge in [-0.3, -0.25) is 9.71 Å². The maximum Gasteiger partial charge on any atom is 0.301 e. The molecule has 2 aliphatic heterocycles. The summed E-state index contributed by atoms with van der Waals surface area (Å²) in [4.78, 5) is 5.71. The van der Waals surface area contributed by atoms with Crippen molar-refractivity contribution in [1.29, 1.82) is 0 Å². The van der Waals surface area contributed by atoms with Crippen LogP contribution in [0.1, 0.15) is 12.8 Å². The van der Waals surface area contributed by atoms with Crippen molar-refractivity contribution in [1.82, 2.24) is 24.4 Å². The van der Waals surface area contributed by atoms with Gasteiger partial charge in [0.05, 0.1) is 11.4 Å². The smallest absolute Gasteiger partial charge is 0.301 e. The highest BCUT2D eigenvalue weighted by Crippen LogP contribution is 2.37. The predicted molar refractivity (Wildman–Crippen MR) is 150 cm³/mol. The van der Waals surface area contributed by atoms with Gasteiger partial charge in [-0.05, 0) is 43.2 Å². The summed E-state index contributed by atoms with van der Waals surface area (Å²) in [7, 11) is -4.13. The number of piperazine rings is 1. The Morgan fingerprint density at radius 1 is 0.810 bits per heavy atom. The second-order valence-electron chi connectivity index (χ2n) is 10.1. The number of hydrogen-bond acceptors (Lipinski definition) is 6. The summed E-state index contributed by atoms with van der Waals surface area (Å²) >= 11 is 0. The molecule has 0 saturated carbocycles. The van der Waals surface area contributed by atoms with Gasteiger partial charge >= 0.3 is 10.2 Å². The van der Waals surface area contributed by atoms with Crippen LogP contribution in [0.5, 0.6) is 0 Å². The lowest BCUT2D eigenvalue weighted by atomic mass is 10.0. The van der Waals surface area contributed by atoms with Crippen LogP contribution in [0.25, 0.3) is 28.1 Å². The Labute approximate surface area is 240 Å². The zero-order valence-corrected chi connectivity index (χ0v) is 23.1. The molecule has 4 aromatic rings. The van der Waals surface area contributed by atoms with E-state index in [4.69, 9.17) is 0 Å². The quantitative estimate of drug-likeness (QED) is 0.307. The maximum absolute atomic E-state index is 16.0. The molecule has 0 atom stereocenters. The second kappa shape index (κ2) is 11.3. The average Bonchev–Trinajstić information content (AvgIpc) is 3.69. The fraction of sp³-hybridized carbons (Fsp3) is 0.286. The van der Waals surface area contributed by atoms with E-state index in [0.29, 0.717) is 44.6 Å². The molecule has 42 heavy (non-hydrogen) atoms. The van der Waals surface area contributed by atoms with E-state index >= 15 is 13.2 Å². The minimum atomic E-state index is -4.13. The number of benzene rings is 2. The summed E-state index contributed by atoms with van der Waals surface area (Å²) < 4.78 is 91.6. The monoisotopic (exact) mass is 601 g/mol. The van der Waals surface area contributed by atoms with Gasteiger partial charge in [0.15, 0.2) is 17.5 Å². The third kappa shape index (κ3) is 5.32. The van der Waals surface area contributed by atoms with E-state index in [1.54, 1.807) is 17.0 Å². The van der Waals surface area contributed by atoms with Crippen molar-refractivity contribution in [3.05, 3.63) is 78.3 Å². The van der Waals surface area contributed by atoms with Gasteiger partial charge in [-0.1, -0.05) is 0 Å². The van der Waals surface area contributed by atoms with Crippen LogP contribution in [0.4, 0.5) is 28.9 Å². The number of halogens is 4. The van der Waals surface area contributed by atoms with E-state index in [9.17, 15) is 12.8 Å². The molecule has 0 bridgehead atoms. The van der Waals surface area contributed by atoms with E-state index in [1.165, 1.54) is 35.0 Å². The molecule has 2 aliphatic rings. The van der Waals surface area contributed by atoms with Crippen LogP contribution in [-0.2, 0) is 10.2 Å². The lowest BCUT2D eigenvalue weighted by Gasteiger charge is -2.29. The molecular formula is C28H27F4N7O2S. The lowest BCUT2D eigenvalue weighted by Crippen LogP contribution is -2.44. The molecular weight excluding hydrogens is 574 g/mol. The Bertz CT molecular complexity index is 1720. The van der Waals surface area contributed by atoms with E-state index < -0.39 is 39.2 Å². The van der Waals surface area contributed by atoms with Gasteiger partial charge in [0, 0.05) is 80.6 Å². The standard InChI is InChI=1S/C28H27F4N7O2S/c29-19-15-20(25(30)22(16-19)36-42(40,41)38-11-1-2-12-38)21-17-39(35-28(21)18-5-7-33-8-6-18)24-4-3-23(26(31)27(24)32)37-13-9-34-10-14-37/h3-8,15-17,34,36H,1-2,9-14H2. The molecule has 0 spiro atoms. The molecule has 9 nitrogen and oxygen atoms in total. The van der Waals surface area contributed by atoms with Gasteiger partial charge in [-0.25, -0.2) is 22.2 Å². The first-order valence-electron chi connectivity index (χ1n) is 13.4. The zero-order valence-electron chi connectivity index (χ0n) is 22.3. The number of anilines is 2. The molecule has 2 aromatic heterocycles. The van der Waals surface area contributed by atoms with Crippen LogP contribution in [0.2, 0.25) is 0 Å². The number of nitrogens with zero attached hydrogens (tertiary/aromatic N) is 5. The van der Waals surface area contributed by atoms with Crippen LogP contribution in [0, 0.1) is 23.3 Å². The summed E-state index contributed by atoms with van der Waals surface area (Å²) in [5, 5.41) is 7.59. The van der Waals surface area contributed by atoms with Crippen molar-refractivity contribution < 1.29 is 26.0 Å². The van der Waals surface area contributed by atoms with Crippen molar-refractivity contribution in [2.75, 3.05) is 48.9 Å². The number of nitrogens with one attached hydrogen (secondary N) is 2. The minimum Gasteiger partial charge on any atom is -0.367 e. The van der Waals surface area contributed by atoms with Crippen LogP contribution < -0.4 is 14.9 Å². The molecule has 0 unspecified atom stereocenters. The molecule has 0 radical (unpaired) electrons. The van der Waals surface area contributed by atoms with Crippen LogP contribution in [0.3, 0.4) is 0 Å². The number of hydrogen-bond donors (Lipinski definition) is 2. The van der Waals surface area contributed by atoms with Crippen LogP contribution in [-0.4, -0.2) is 66.8 Å². The number of aromatic nitrogens is 3. The Morgan fingerprint density at radius 3 is 2.19 bits per heavy atom. The van der Waals surface area contributed by atoms with Crippen molar-refractivity contribution >= 4 is 21.6 Å². The SMILES string of the molecule is O=S(=O)(Nc1cc(F)cc(-c2cn(-c3ccc(N4CCNCC4)c(F)c3F)nc2-c2ccncc2)c1F)N1CCCC1. The Morgan fingerprint density at radius 2 is 1.48 bits per heavy atom. The molecule has 220 valence electrons. The highest BCUT2D eigenvalue weighted by Gasteiger charge is 2.29. The van der Waals surface area contributed by atoms with E-state index in [2.05, 4.69) is 20.1 Å². The topological polar surface area (TPSA) is 95.4 Å². The second-order valence-corrected chi connectivity index (χ2v) is 11.7. The predicted octanol–water partition coefficient (Wildman–Crippen LogP) is 4.32. The zero-order chi connectivity index (χ0) is 29.4. The van der Waals surface area contributed by atoms with E-state index in [0.717, 1.165) is 16.8 Å². The van der Waals surface area contributed by atoms with E-state index in [-0.39, 0.29) is 41.3 Å². The van der Waals surface area contributed by atoms with Gasteiger partial charge in [0.2, 0.25) is 0 Å². The number of rotatable bonds is 7. The van der Waals surface area contributed by atoms with Crippen LogP contribution >= 0.6 is 0 Å². The third-order valence-corrected chi connectivity index (χ3v) is 8.91. The molecule has 14 heteroatoms. The average molecular weight is 602 g/mol. The number of pyridine rings is 1. The van der Waals surface area contributed by atoms with E-state index in [1.807, 2.05) is 0 Å². The summed E-state index contributed by atoms with van der Waals surface area (Å²) in [5.41, 5.74) is -0.411. The highest BCUT2D eigenvalue weighted by atomic mass is 32.2. The molecule has 0 amide bonds. The Kier molecular flexibility index (Phi) is 7.60. The van der Waals surface area contributed by atoms with Crippen molar-refractivity contribution in [2.45, 2.75) is 12.8 Å². The Balaban J connectivity index is 1.45. The molecule has 2 saturated heterocycles. The van der Waals surface area contributed by atoms with Crippen LogP contribution in [0.15, 0.2) is 55.0 Å². The molecule has 2 fully saturated rings. The lowest BCUT2D eigenvalue weighted by molar-refractivity contribution is 0.482. The first-order valence-corrected chi connectivity index (χ1v) is 14.9. The van der Waals surface area contributed by atoms with Gasteiger partial charge in [-0.2, -0.15) is 17.8 Å². The van der Waals surface area contributed by atoms with Crippen molar-refractivity contribution in [2.24, 2.45) is 0 Å². The van der Waals surface area contributed by atoms with Gasteiger partial charge in [-0.15, -0.1) is 0 Å². The largest absolute Gasteiger partial charge is 0.367 e. The fourth-order valence-corrected chi connectivity index (χ4v) is 6.56. The summed E-state index contributed by atoms with van der Waals surface area (Å²) in [6, 6.07) is 7.65. The third-order valence-electron chi connectivity index (χ3n) is 7.39. The highest BCUT2D eigenvalue weighted by molar-refractivity contribution is 7.90. The molecule has 2 N–H and O–H groups in total. The normalized spacial score (nSPS) is 16.2. The summed E-state index contributed by atoms with van der Waals surface area (Å²) in [6.45, 7) is 2.83. The summed E-state index contributed by atoms with van der Waals surface area (Å²) in [6.07, 6.45) is 5.53. The van der Waals surface area contributed by atoms with Crippen molar-refractivity contribution in [3.8, 4) is 28.1 Å². The first kappa shape index (κ1) is 28.1. The minimum absolute atomic E-state index is 0.0332. The fourth-order valence-electron chi connectivity index (χ4n) is 5.26. The van der Waals surface area contributed by atoms with Crippen molar-refractivity contribution in [3.63, 3.8) is 0 Å². The van der Waals surface area contributed by atoms with Gasteiger partial charge in [0.25, 0.3) is 0 Å². The molecule has 4 heterocycles. The molecule has 0 aliphatic carbocycles. The first-order chi connectivity index (χ1) is 20.2. The molecule has 6 rings (SSSR count). The van der Waals surface area contributed by atoms with Gasteiger partial charge < -0.3 is 10.2 Å². The maximum atomic E-state index is 16.0. The van der Waals surface area contributed by atoms with Gasteiger partial charge in [0.1, 0.15) is 17.2 Å². The Hall–Kier alpha value is -4.01. The summed E-state index contributed by atoms with van der Waals surface area (Å²) in [5.74, 6) is -4.15.